The molecule has 0 saturated heterocycles. The molecule has 0 fully saturated rings. The number of aromatic nitrogens is 2. The van der Waals surface area contributed by atoms with E-state index in [4.69, 9.17) is 39.5 Å². The molecule has 1 aromatic heterocycles. The van der Waals surface area contributed by atoms with Crippen molar-refractivity contribution in [2.24, 2.45) is 0 Å². The van der Waals surface area contributed by atoms with Gasteiger partial charge in [-0.1, -0.05) is 65.1 Å². The molecule has 0 spiro atoms. The van der Waals surface area contributed by atoms with Crippen LogP contribution in [0.3, 0.4) is 0 Å². The Morgan fingerprint density at radius 3 is 2.39 bits per heavy atom. The van der Waals surface area contributed by atoms with Gasteiger partial charge in [-0.2, -0.15) is 5.10 Å². The van der Waals surface area contributed by atoms with Crippen LogP contribution in [0.5, 0.6) is 5.75 Å². The lowest BCUT2D eigenvalue weighted by Crippen LogP contribution is -2.13. The Morgan fingerprint density at radius 2 is 1.67 bits per heavy atom. The van der Waals surface area contributed by atoms with Crippen molar-refractivity contribution in [1.29, 1.82) is 0 Å². The highest BCUT2D eigenvalue weighted by Crippen LogP contribution is 2.26. The summed E-state index contributed by atoms with van der Waals surface area (Å²) < 4.78 is 8.32. The minimum atomic E-state index is -0.310. The van der Waals surface area contributed by atoms with Crippen molar-refractivity contribution >= 4 is 62.5 Å². The van der Waals surface area contributed by atoms with Gasteiger partial charge in [0.15, 0.2) is 5.82 Å². The Kier molecular flexibility index (Phi) is 7.60. The maximum absolute atomic E-state index is 12.7. The first-order chi connectivity index (χ1) is 15.9. The average Bonchev–Trinajstić information content (AvgIpc) is 3.14. The first-order valence-corrected chi connectivity index (χ1v) is 11.8. The number of rotatable bonds is 7. The number of para-hydroxylation sites is 1. The van der Waals surface area contributed by atoms with Crippen molar-refractivity contribution in [2.45, 2.75) is 13.2 Å². The quantitative estimate of drug-likeness (QED) is 0.253. The summed E-state index contributed by atoms with van der Waals surface area (Å²) in [5.41, 5.74) is 2.32. The second kappa shape index (κ2) is 10.6. The van der Waals surface area contributed by atoms with Gasteiger partial charge in [0, 0.05) is 11.8 Å². The third-order valence-electron chi connectivity index (χ3n) is 4.72. The van der Waals surface area contributed by atoms with Crippen molar-refractivity contribution < 1.29 is 9.53 Å². The number of amides is 1. The topological polar surface area (TPSA) is 56.2 Å². The van der Waals surface area contributed by atoms with Crippen LogP contribution in [-0.2, 0) is 13.2 Å². The Hall–Kier alpha value is -2.51. The molecular weight excluding hydrogens is 549 g/mol. The molecule has 0 aliphatic heterocycles. The molecule has 4 rings (SSSR count). The van der Waals surface area contributed by atoms with Crippen LogP contribution in [0.2, 0.25) is 15.1 Å². The van der Waals surface area contributed by atoms with E-state index in [9.17, 15) is 4.79 Å². The van der Waals surface area contributed by atoms with Gasteiger partial charge >= 0.3 is 0 Å². The second-order valence-corrected chi connectivity index (χ2v) is 9.22. The number of hydrogen-bond donors (Lipinski definition) is 1. The van der Waals surface area contributed by atoms with Crippen molar-refractivity contribution in [1.82, 2.24) is 9.78 Å². The van der Waals surface area contributed by atoms with Crippen LogP contribution in [0.15, 0.2) is 77.4 Å². The zero-order chi connectivity index (χ0) is 23.4. The molecule has 168 valence electrons. The van der Waals surface area contributed by atoms with Gasteiger partial charge in [0.1, 0.15) is 17.4 Å². The maximum Gasteiger partial charge on any atom is 0.256 e. The van der Waals surface area contributed by atoms with Crippen LogP contribution in [0.25, 0.3) is 0 Å². The summed E-state index contributed by atoms with van der Waals surface area (Å²) in [5.74, 6) is 0.725. The fourth-order valence-electron chi connectivity index (χ4n) is 3.04. The van der Waals surface area contributed by atoms with E-state index in [-0.39, 0.29) is 11.7 Å². The number of nitrogens with one attached hydrogen (secondary N) is 1. The number of benzene rings is 3. The number of halogens is 4. The van der Waals surface area contributed by atoms with Gasteiger partial charge in [-0.05, 0) is 63.5 Å². The summed E-state index contributed by atoms with van der Waals surface area (Å²) in [6.45, 7) is 0.814. The fourth-order valence-corrected chi connectivity index (χ4v) is 3.96. The molecule has 33 heavy (non-hydrogen) atoms. The minimum Gasteiger partial charge on any atom is -0.488 e. The second-order valence-electron chi connectivity index (χ2n) is 7.14. The molecule has 9 heteroatoms. The van der Waals surface area contributed by atoms with E-state index in [2.05, 4.69) is 26.3 Å². The lowest BCUT2D eigenvalue weighted by atomic mass is 10.1. The molecule has 0 radical (unpaired) electrons. The number of hydrogen-bond acceptors (Lipinski definition) is 3. The van der Waals surface area contributed by atoms with Gasteiger partial charge in [-0.3, -0.25) is 9.48 Å². The SMILES string of the molecule is O=C(Nc1nn(Cc2ccc(Cl)c(Cl)c2)cc1Cl)c1ccc(COc2ccccc2Br)cc1. The molecule has 0 saturated carbocycles. The van der Waals surface area contributed by atoms with Gasteiger partial charge in [-0.15, -0.1) is 0 Å². The van der Waals surface area contributed by atoms with Gasteiger partial charge in [-0.25, -0.2) is 0 Å². The fraction of sp³-hybridized carbons (Fsp3) is 0.0833. The van der Waals surface area contributed by atoms with Gasteiger partial charge in [0.2, 0.25) is 0 Å². The molecule has 1 heterocycles. The van der Waals surface area contributed by atoms with Crippen LogP contribution < -0.4 is 10.1 Å². The normalized spacial score (nSPS) is 10.8. The molecule has 0 unspecified atom stereocenters. The van der Waals surface area contributed by atoms with Gasteiger partial charge in [0.05, 0.1) is 21.1 Å². The number of nitrogens with zero attached hydrogens (tertiary/aromatic N) is 2. The van der Waals surface area contributed by atoms with Crippen LogP contribution in [0, 0.1) is 0 Å². The number of ether oxygens (including phenoxy) is 1. The van der Waals surface area contributed by atoms with Crippen LogP contribution in [-0.4, -0.2) is 15.7 Å². The van der Waals surface area contributed by atoms with Gasteiger partial charge in [0.25, 0.3) is 5.91 Å². The molecule has 1 amide bonds. The lowest BCUT2D eigenvalue weighted by Gasteiger charge is -2.09. The third-order valence-corrected chi connectivity index (χ3v) is 6.40. The Labute approximate surface area is 214 Å². The summed E-state index contributed by atoms with van der Waals surface area (Å²) in [5, 5.41) is 8.40. The highest BCUT2D eigenvalue weighted by molar-refractivity contribution is 9.10. The van der Waals surface area contributed by atoms with Crippen molar-refractivity contribution in [3.05, 3.63) is 109 Å². The molecule has 0 aliphatic carbocycles. The molecule has 5 nitrogen and oxygen atoms in total. The predicted octanol–water partition coefficient (Wildman–Crippen LogP) is 7.49. The smallest absolute Gasteiger partial charge is 0.256 e. The summed E-state index contributed by atoms with van der Waals surface area (Å²) in [6, 6.07) is 20.1. The minimum absolute atomic E-state index is 0.281. The summed E-state index contributed by atoms with van der Waals surface area (Å²) in [4.78, 5) is 12.7. The van der Waals surface area contributed by atoms with Crippen molar-refractivity contribution in [3.63, 3.8) is 0 Å². The summed E-state index contributed by atoms with van der Waals surface area (Å²) in [7, 11) is 0. The number of anilines is 1. The monoisotopic (exact) mass is 563 g/mol. The highest BCUT2D eigenvalue weighted by Gasteiger charge is 2.13. The molecular formula is C24H17BrCl3N3O2. The van der Waals surface area contributed by atoms with Crippen molar-refractivity contribution in [2.75, 3.05) is 5.32 Å². The molecule has 1 N–H and O–H groups in total. The van der Waals surface area contributed by atoms with E-state index in [1.165, 1.54) is 0 Å². The zero-order valence-electron chi connectivity index (χ0n) is 17.1. The number of carbonyl (C=O) groups is 1. The predicted molar refractivity (Wildman–Crippen MR) is 136 cm³/mol. The van der Waals surface area contributed by atoms with Crippen molar-refractivity contribution in [3.8, 4) is 5.75 Å². The zero-order valence-corrected chi connectivity index (χ0v) is 20.9. The molecule has 3 aromatic carbocycles. The summed E-state index contributed by atoms with van der Waals surface area (Å²) in [6.07, 6.45) is 1.64. The van der Waals surface area contributed by atoms with Gasteiger partial charge < -0.3 is 10.1 Å². The van der Waals surface area contributed by atoms with E-state index < -0.39 is 0 Å². The number of carbonyl (C=O) groups excluding carboxylic acids is 1. The van der Waals surface area contributed by atoms with Crippen LogP contribution in [0.4, 0.5) is 5.82 Å². The molecule has 4 aromatic rings. The maximum atomic E-state index is 12.7. The average molecular weight is 566 g/mol. The summed E-state index contributed by atoms with van der Waals surface area (Å²) >= 11 is 21.8. The lowest BCUT2D eigenvalue weighted by molar-refractivity contribution is 0.102. The molecule has 0 bridgehead atoms. The first kappa shape index (κ1) is 23.6. The standard InChI is InChI=1S/C24H17BrCl3N3O2/c25-18-3-1-2-4-22(18)33-14-15-5-8-17(9-6-15)24(32)29-23-21(28)13-31(30-23)12-16-7-10-19(26)20(27)11-16/h1-11,13H,12,14H2,(H,29,30,32). The first-order valence-electron chi connectivity index (χ1n) is 9.83. The van der Waals surface area contributed by atoms with E-state index in [1.54, 1.807) is 35.1 Å². The van der Waals surface area contributed by atoms with E-state index in [0.29, 0.717) is 33.8 Å². The molecule has 0 atom stereocenters. The van der Waals surface area contributed by atoms with Crippen LogP contribution in [0.1, 0.15) is 21.5 Å². The largest absolute Gasteiger partial charge is 0.488 e. The molecule has 0 aliphatic rings. The third kappa shape index (κ3) is 6.09. The highest BCUT2D eigenvalue weighted by atomic mass is 79.9. The Balaban J connectivity index is 1.37. The Morgan fingerprint density at radius 1 is 0.939 bits per heavy atom. The van der Waals surface area contributed by atoms with Crippen LogP contribution >= 0.6 is 50.7 Å². The van der Waals surface area contributed by atoms with E-state index >= 15 is 0 Å². The van der Waals surface area contributed by atoms with E-state index in [1.807, 2.05) is 42.5 Å². The Bertz CT molecular complexity index is 1290. The van der Waals surface area contributed by atoms with E-state index in [0.717, 1.165) is 21.3 Å².